The summed E-state index contributed by atoms with van der Waals surface area (Å²) in [5.74, 6) is 0. The van der Waals surface area contributed by atoms with Gasteiger partial charge in [0.2, 0.25) is 0 Å². The van der Waals surface area contributed by atoms with Gasteiger partial charge in [-0.3, -0.25) is 0 Å². The lowest BCUT2D eigenvalue weighted by atomic mass is 9.97. The van der Waals surface area contributed by atoms with E-state index in [1.807, 2.05) is 18.2 Å². The maximum absolute atomic E-state index is 5.80. The highest BCUT2D eigenvalue weighted by Gasteiger charge is 2.03. The van der Waals surface area contributed by atoms with Gasteiger partial charge >= 0.3 is 0 Å². The predicted molar refractivity (Wildman–Crippen MR) is 87.2 cm³/mol. The molecule has 20 heavy (non-hydrogen) atoms. The van der Waals surface area contributed by atoms with E-state index in [1.165, 1.54) is 16.7 Å². The maximum atomic E-state index is 5.80. The van der Waals surface area contributed by atoms with Crippen LogP contribution in [0.3, 0.4) is 0 Å². The van der Waals surface area contributed by atoms with E-state index < -0.39 is 0 Å². The number of rotatable bonds is 4. The first kappa shape index (κ1) is 14.1. The summed E-state index contributed by atoms with van der Waals surface area (Å²) in [6.07, 6.45) is 4.87. The van der Waals surface area contributed by atoms with Crippen LogP contribution in [0.2, 0.25) is 0 Å². The monoisotopic (exact) mass is 263 g/mol. The Hall–Kier alpha value is -2.28. The molecule has 0 aliphatic heterocycles. The van der Waals surface area contributed by atoms with Gasteiger partial charge in [0.05, 0.1) is 0 Å². The van der Waals surface area contributed by atoms with Gasteiger partial charge in [0.1, 0.15) is 0 Å². The van der Waals surface area contributed by atoms with Crippen LogP contribution in [0.5, 0.6) is 0 Å². The number of benzene rings is 2. The fourth-order valence-electron chi connectivity index (χ4n) is 2.29. The Morgan fingerprint density at radius 1 is 1.00 bits per heavy atom. The minimum atomic E-state index is 0.933. The topological polar surface area (TPSA) is 26.0 Å². The molecule has 1 heteroatoms. The average molecular weight is 263 g/mol. The SMILES string of the molecule is CC(=C/Cc1ccccc1C)/C(=C\N)c1ccccc1. The summed E-state index contributed by atoms with van der Waals surface area (Å²) in [6, 6.07) is 18.7. The van der Waals surface area contributed by atoms with Crippen molar-refractivity contribution < 1.29 is 0 Å². The summed E-state index contributed by atoms with van der Waals surface area (Å²) in [6.45, 7) is 4.26. The zero-order valence-corrected chi connectivity index (χ0v) is 12.1. The van der Waals surface area contributed by atoms with Crippen molar-refractivity contribution in [3.8, 4) is 0 Å². The van der Waals surface area contributed by atoms with Crippen molar-refractivity contribution in [1.29, 1.82) is 0 Å². The zero-order valence-electron chi connectivity index (χ0n) is 12.1. The molecule has 0 atom stereocenters. The molecule has 1 nitrogen and oxygen atoms in total. The lowest BCUT2D eigenvalue weighted by molar-refractivity contribution is 1.19. The van der Waals surface area contributed by atoms with E-state index in [9.17, 15) is 0 Å². The van der Waals surface area contributed by atoms with Crippen LogP contribution in [-0.2, 0) is 6.42 Å². The molecule has 0 aromatic heterocycles. The smallest absolute Gasteiger partial charge is 0.00201 e. The molecule has 0 fully saturated rings. The Morgan fingerprint density at radius 2 is 1.65 bits per heavy atom. The molecule has 102 valence electrons. The van der Waals surface area contributed by atoms with Gasteiger partial charge in [-0.2, -0.15) is 0 Å². The third-order valence-electron chi connectivity index (χ3n) is 3.57. The third kappa shape index (κ3) is 3.39. The largest absolute Gasteiger partial charge is 0.404 e. The minimum absolute atomic E-state index is 0.933. The lowest BCUT2D eigenvalue weighted by Gasteiger charge is -2.08. The predicted octanol–water partition coefficient (Wildman–Crippen LogP) is 4.48. The van der Waals surface area contributed by atoms with Crippen LogP contribution in [-0.4, -0.2) is 0 Å². The molecule has 2 rings (SSSR count). The summed E-state index contributed by atoms with van der Waals surface area (Å²) in [5.41, 5.74) is 12.0. The molecule has 0 bridgehead atoms. The van der Waals surface area contributed by atoms with Gasteiger partial charge in [-0.15, -0.1) is 0 Å². The van der Waals surface area contributed by atoms with Crippen molar-refractivity contribution >= 4 is 5.57 Å². The first-order valence-electron chi connectivity index (χ1n) is 6.91. The molecule has 0 heterocycles. The average Bonchev–Trinajstić information content (AvgIpc) is 2.48. The Balaban J connectivity index is 2.20. The van der Waals surface area contributed by atoms with E-state index in [2.05, 4.69) is 56.3 Å². The molecule has 0 unspecified atom stereocenters. The molecule has 0 spiro atoms. The first-order chi connectivity index (χ1) is 9.72. The van der Waals surface area contributed by atoms with Crippen molar-refractivity contribution in [3.05, 3.63) is 89.1 Å². The Kier molecular flexibility index (Phi) is 4.78. The van der Waals surface area contributed by atoms with Gasteiger partial charge in [-0.05, 0) is 48.1 Å². The summed E-state index contributed by atoms with van der Waals surface area (Å²) in [5, 5.41) is 0. The van der Waals surface area contributed by atoms with E-state index in [1.54, 1.807) is 6.20 Å². The molecule has 0 saturated heterocycles. The van der Waals surface area contributed by atoms with Crippen molar-refractivity contribution in [2.75, 3.05) is 0 Å². The molecule has 2 aromatic rings. The standard InChI is InChI=1S/C19H21N/c1-15-8-6-7-9-17(15)13-12-16(2)19(14-20)18-10-4-3-5-11-18/h3-12,14H,13,20H2,1-2H3/b16-12-,19-14+. The number of allylic oxidation sites excluding steroid dienone is 3. The molecule has 0 radical (unpaired) electrons. The normalized spacial score (nSPS) is 12.5. The van der Waals surface area contributed by atoms with Gasteiger partial charge in [0, 0.05) is 6.20 Å². The van der Waals surface area contributed by atoms with Gasteiger partial charge in [0.25, 0.3) is 0 Å². The van der Waals surface area contributed by atoms with Crippen LogP contribution >= 0.6 is 0 Å². The highest BCUT2D eigenvalue weighted by molar-refractivity contribution is 5.78. The molecule has 0 saturated carbocycles. The Labute approximate surface area is 121 Å². The van der Waals surface area contributed by atoms with Crippen LogP contribution in [0.25, 0.3) is 5.57 Å². The second kappa shape index (κ2) is 6.76. The molecule has 0 amide bonds. The minimum Gasteiger partial charge on any atom is -0.404 e. The first-order valence-corrected chi connectivity index (χ1v) is 6.91. The van der Waals surface area contributed by atoms with E-state index in [-0.39, 0.29) is 0 Å². The van der Waals surface area contributed by atoms with Gasteiger partial charge in [-0.25, -0.2) is 0 Å². The van der Waals surface area contributed by atoms with E-state index in [0.29, 0.717) is 0 Å². The molecule has 0 aliphatic carbocycles. The van der Waals surface area contributed by atoms with Gasteiger partial charge in [-0.1, -0.05) is 60.7 Å². The summed E-state index contributed by atoms with van der Waals surface area (Å²) >= 11 is 0. The second-order valence-corrected chi connectivity index (χ2v) is 4.96. The Morgan fingerprint density at radius 3 is 2.30 bits per heavy atom. The quantitative estimate of drug-likeness (QED) is 0.808. The molecular weight excluding hydrogens is 242 g/mol. The third-order valence-corrected chi connectivity index (χ3v) is 3.57. The fourth-order valence-corrected chi connectivity index (χ4v) is 2.29. The maximum Gasteiger partial charge on any atom is 0.00201 e. The second-order valence-electron chi connectivity index (χ2n) is 4.96. The van der Waals surface area contributed by atoms with Crippen molar-refractivity contribution in [1.82, 2.24) is 0 Å². The highest BCUT2D eigenvalue weighted by atomic mass is 14.5. The van der Waals surface area contributed by atoms with E-state index in [0.717, 1.165) is 17.6 Å². The van der Waals surface area contributed by atoms with Crippen LogP contribution in [0, 0.1) is 6.92 Å². The lowest BCUT2D eigenvalue weighted by Crippen LogP contribution is -1.93. The van der Waals surface area contributed by atoms with Crippen molar-refractivity contribution in [2.45, 2.75) is 20.3 Å². The summed E-state index contributed by atoms with van der Waals surface area (Å²) in [7, 11) is 0. The molecular formula is C19H21N. The molecule has 2 aromatic carbocycles. The fraction of sp³-hybridized carbons (Fsp3) is 0.158. The number of aryl methyl sites for hydroxylation is 1. The van der Waals surface area contributed by atoms with Crippen molar-refractivity contribution in [2.24, 2.45) is 5.73 Å². The van der Waals surface area contributed by atoms with Crippen molar-refractivity contribution in [3.63, 3.8) is 0 Å². The zero-order chi connectivity index (χ0) is 14.4. The van der Waals surface area contributed by atoms with Crippen LogP contribution in [0.1, 0.15) is 23.6 Å². The van der Waals surface area contributed by atoms with Crippen LogP contribution in [0.4, 0.5) is 0 Å². The number of hydrogen-bond donors (Lipinski definition) is 1. The number of hydrogen-bond acceptors (Lipinski definition) is 1. The van der Waals surface area contributed by atoms with Crippen LogP contribution in [0.15, 0.2) is 72.4 Å². The summed E-state index contributed by atoms with van der Waals surface area (Å²) < 4.78 is 0. The summed E-state index contributed by atoms with van der Waals surface area (Å²) in [4.78, 5) is 0. The van der Waals surface area contributed by atoms with Crippen LogP contribution < -0.4 is 5.73 Å². The van der Waals surface area contributed by atoms with E-state index in [4.69, 9.17) is 5.73 Å². The number of nitrogens with two attached hydrogens (primary N) is 1. The molecule has 2 N–H and O–H groups in total. The highest BCUT2D eigenvalue weighted by Crippen LogP contribution is 2.22. The molecule has 0 aliphatic rings. The van der Waals surface area contributed by atoms with E-state index >= 15 is 0 Å². The Bertz CT molecular complexity index is 621. The van der Waals surface area contributed by atoms with Gasteiger partial charge in [0.15, 0.2) is 0 Å². The van der Waals surface area contributed by atoms with Gasteiger partial charge < -0.3 is 5.73 Å².